The smallest absolute Gasteiger partial charge is 0.330 e. The molecule has 1 aromatic carbocycles. The summed E-state index contributed by atoms with van der Waals surface area (Å²) >= 11 is 0. The maximum atomic E-state index is 14.3. The quantitative estimate of drug-likeness (QED) is 0.450. The van der Waals surface area contributed by atoms with E-state index in [1.54, 1.807) is 44.2 Å². The zero-order valence-corrected chi connectivity index (χ0v) is 13.6. The molecule has 0 aliphatic carbocycles. The molecule has 24 heavy (non-hydrogen) atoms. The Balaban J connectivity index is 2.42. The molecule has 6 heteroatoms. The Morgan fingerprint density at radius 3 is 2.46 bits per heavy atom. The van der Waals surface area contributed by atoms with Gasteiger partial charge in [-0.3, -0.25) is 0 Å². The van der Waals surface area contributed by atoms with E-state index in [0.717, 1.165) is 6.08 Å². The van der Waals surface area contributed by atoms with E-state index in [9.17, 15) is 13.6 Å². The number of ether oxygens (including phenoxy) is 3. The summed E-state index contributed by atoms with van der Waals surface area (Å²) in [5, 5.41) is 0. The van der Waals surface area contributed by atoms with Gasteiger partial charge >= 0.3 is 11.9 Å². The number of alkyl halides is 2. The lowest BCUT2D eigenvalue weighted by Gasteiger charge is -2.30. The van der Waals surface area contributed by atoms with E-state index in [1.165, 1.54) is 0 Å². The molecular weight excluding hydrogens is 318 g/mol. The van der Waals surface area contributed by atoms with E-state index in [1.807, 2.05) is 0 Å². The van der Waals surface area contributed by atoms with Gasteiger partial charge < -0.3 is 14.2 Å². The Morgan fingerprint density at radius 1 is 1.29 bits per heavy atom. The third-order valence-corrected chi connectivity index (χ3v) is 3.62. The minimum absolute atomic E-state index is 0.435. The zero-order valence-electron chi connectivity index (χ0n) is 13.6. The van der Waals surface area contributed by atoms with Crippen LogP contribution in [0.25, 0.3) is 0 Å². The Kier molecular flexibility index (Phi) is 5.20. The fourth-order valence-electron chi connectivity index (χ4n) is 2.57. The van der Waals surface area contributed by atoms with Crippen molar-refractivity contribution < 1.29 is 27.8 Å². The van der Waals surface area contributed by atoms with Crippen molar-refractivity contribution >= 4 is 5.97 Å². The molecule has 3 atom stereocenters. The average Bonchev–Trinajstić information content (AvgIpc) is 2.88. The Bertz CT molecular complexity index is 613. The van der Waals surface area contributed by atoms with Crippen LogP contribution < -0.4 is 0 Å². The van der Waals surface area contributed by atoms with Gasteiger partial charge in [0.05, 0.1) is 0 Å². The van der Waals surface area contributed by atoms with Gasteiger partial charge in [-0.2, -0.15) is 8.78 Å². The van der Waals surface area contributed by atoms with Gasteiger partial charge in [-0.25, -0.2) is 4.79 Å². The first kappa shape index (κ1) is 18.3. The molecule has 0 N–H and O–H groups in total. The van der Waals surface area contributed by atoms with E-state index in [-0.39, 0.29) is 0 Å². The standard InChI is InChI=1S/C18H20F2O4/c1-5-13(21)22-16(18(19,20)6-2)15-14(23-17(3,4)24-15)12-10-8-7-9-11-12/h5-11,14-16H,1-2H2,3-4H3/t14-,15+,16+/m1/s1. The fraction of sp³-hybridized carbons (Fsp3) is 0.389. The molecule has 0 amide bonds. The molecule has 0 spiro atoms. The Labute approximate surface area is 139 Å². The van der Waals surface area contributed by atoms with Gasteiger partial charge in [0.1, 0.15) is 12.2 Å². The second-order valence-electron chi connectivity index (χ2n) is 5.87. The van der Waals surface area contributed by atoms with Gasteiger partial charge in [0.15, 0.2) is 11.9 Å². The molecule has 1 aromatic rings. The number of hydrogen-bond acceptors (Lipinski definition) is 4. The molecule has 1 fully saturated rings. The third-order valence-electron chi connectivity index (χ3n) is 3.62. The highest BCUT2D eigenvalue weighted by Gasteiger charge is 2.55. The first-order valence-electron chi connectivity index (χ1n) is 7.45. The zero-order chi connectivity index (χ0) is 18.0. The van der Waals surface area contributed by atoms with Gasteiger partial charge in [0.2, 0.25) is 0 Å². The summed E-state index contributed by atoms with van der Waals surface area (Å²) in [5.74, 6) is -5.58. The van der Waals surface area contributed by atoms with Crippen LogP contribution in [0.4, 0.5) is 8.78 Å². The first-order valence-corrected chi connectivity index (χ1v) is 7.45. The van der Waals surface area contributed by atoms with Crippen LogP contribution in [0.2, 0.25) is 0 Å². The maximum Gasteiger partial charge on any atom is 0.330 e. The van der Waals surface area contributed by atoms with Crippen molar-refractivity contribution in [2.45, 2.75) is 43.9 Å². The highest BCUT2D eigenvalue weighted by Crippen LogP contribution is 2.43. The van der Waals surface area contributed by atoms with Crippen molar-refractivity contribution in [3.8, 4) is 0 Å². The molecule has 4 nitrogen and oxygen atoms in total. The molecule has 1 aliphatic rings. The van der Waals surface area contributed by atoms with Crippen molar-refractivity contribution in [2.24, 2.45) is 0 Å². The van der Waals surface area contributed by atoms with Gasteiger partial charge in [-0.1, -0.05) is 43.5 Å². The Morgan fingerprint density at radius 2 is 1.92 bits per heavy atom. The summed E-state index contributed by atoms with van der Waals surface area (Å²) in [5.41, 5.74) is 0.646. The number of carbonyl (C=O) groups is 1. The molecular formula is C18H20F2O4. The first-order chi connectivity index (χ1) is 11.2. The van der Waals surface area contributed by atoms with E-state index >= 15 is 0 Å². The average molecular weight is 338 g/mol. The predicted octanol–water partition coefficient (Wildman–Crippen LogP) is 3.80. The van der Waals surface area contributed by atoms with Crippen LogP contribution in [-0.4, -0.2) is 29.9 Å². The van der Waals surface area contributed by atoms with Crippen molar-refractivity contribution in [3.63, 3.8) is 0 Å². The molecule has 0 unspecified atom stereocenters. The lowest BCUT2D eigenvalue weighted by molar-refractivity contribution is -0.195. The summed E-state index contributed by atoms with van der Waals surface area (Å²) in [4.78, 5) is 11.5. The molecule has 1 heterocycles. The van der Waals surface area contributed by atoms with E-state index in [0.29, 0.717) is 11.6 Å². The van der Waals surface area contributed by atoms with E-state index < -0.39 is 36.0 Å². The summed E-state index contributed by atoms with van der Waals surface area (Å²) in [6.07, 6.45) is -2.67. The SMILES string of the molecule is C=CC(=O)O[C@@H]([C@H]1OC(C)(C)O[C@@H]1c1ccccc1)C(F)(F)C=C. The normalized spacial score (nSPS) is 24.2. The highest BCUT2D eigenvalue weighted by molar-refractivity contribution is 5.81. The molecule has 0 bridgehead atoms. The summed E-state index contributed by atoms with van der Waals surface area (Å²) in [7, 11) is 0. The summed E-state index contributed by atoms with van der Waals surface area (Å²) in [6.45, 7) is 9.59. The maximum absolute atomic E-state index is 14.3. The third kappa shape index (κ3) is 3.88. The fourth-order valence-corrected chi connectivity index (χ4v) is 2.57. The van der Waals surface area contributed by atoms with Gasteiger partial charge in [-0.05, 0) is 25.5 Å². The van der Waals surface area contributed by atoms with Crippen LogP contribution in [0.3, 0.4) is 0 Å². The topological polar surface area (TPSA) is 44.8 Å². The van der Waals surface area contributed by atoms with Gasteiger partial charge in [0.25, 0.3) is 0 Å². The van der Waals surface area contributed by atoms with Crippen LogP contribution in [0.1, 0.15) is 25.5 Å². The number of benzene rings is 1. The number of hydrogen-bond donors (Lipinski definition) is 0. The van der Waals surface area contributed by atoms with Crippen LogP contribution in [0.5, 0.6) is 0 Å². The molecule has 2 rings (SSSR count). The number of rotatable bonds is 6. The molecule has 0 saturated carbocycles. The Hall–Kier alpha value is -2.05. The van der Waals surface area contributed by atoms with Crippen molar-refractivity contribution in [2.75, 3.05) is 0 Å². The van der Waals surface area contributed by atoms with Gasteiger partial charge in [-0.15, -0.1) is 0 Å². The minimum atomic E-state index is -3.50. The van der Waals surface area contributed by atoms with Crippen LogP contribution in [0.15, 0.2) is 55.6 Å². The van der Waals surface area contributed by atoms with Gasteiger partial charge in [0, 0.05) is 6.08 Å². The molecule has 1 saturated heterocycles. The van der Waals surface area contributed by atoms with Crippen LogP contribution >= 0.6 is 0 Å². The molecule has 0 radical (unpaired) electrons. The second kappa shape index (κ2) is 6.83. The predicted molar refractivity (Wildman–Crippen MR) is 84.4 cm³/mol. The lowest BCUT2D eigenvalue weighted by atomic mass is 9.96. The van der Waals surface area contributed by atoms with Crippen molar-refractivity contribution in [1.82, 2.24) is 0 Å². The monoisotopic (exact) mass is 338 g/mol. The van der Waals surface area contributed by atoms with Crippen LogP contribution in [0, 0.1) is 0 Å². The summed E-state index contributed by atoms with van der Waals surface area (Å²) < 4.78 is 45.0. The van der Waals surface area contributed by atoms with E-state index in [4.69, 9.17) is 14.2 Å². The molecule has 130 valence electrons. The largest absolute Gasteiger partial charge is 0.449 e. The number of carbonyl (C=O) groups excluding carboxylic acids is 1. The number of halogens is 2. The second-order valence-corrected chi connectivity index (χ2v) is 5.87. The summed E-state index contributed by atoms with van der Waals surface area (Å²) in [6, 6.07) is 8.80. The minimum Gasteiger partial charge on any atom is -0.449 e. The highest BCUT2D eigenvalue weighted by atomic mass is 19.3. The van der Waals surface area contributed by atoms with Crippen molar-refractivity contribution in [1.29, 1.82) is 0 Å². The van der Waals surface area contributed by atoms with Crippen molar-refractivity contribution in [3.05, 3.63) is 61.2 Å². The molecule has 1 aliphatic heterocycles. The molecule has 0 aromatic heterocycles. The van der Waals surface area contributed by atoms with E-state index in [2.05, 4.69) is 13.2 Å². The van der Waals surface area contributed by atoms with Crippen LogP contribution in [-0.2, 0) is 19.0 Å². The lowest BCUT2D eigenvalue weighted by Crippen LogP contribution is -2.47. The number of esters is 1.